The predicted octanol–water partition coefficient (Wildman–Crippen LogP) is 2.20. The molecule has 0 spiro atoms. The molecule has 0 aromatic heterocycles. The van der Waals surface area contributed by atoms with Crippen molar-refractivity contribution in [3.8, 4) is 0 Å². The summed E-state index contributed by atoms with van der Waals surface area (Å²) in [5.74, 6) is 1.29. The van der Waals surface area contributed by atoms with Crippen molar-refractivity contribution in [1.82, 2.24) is 5.32 Å². The molecule has 1 heterocycles. The van der Waals surface area contributed by atoms with Crippen LogP contribution in [-0.2, 0) is 14.3 Å². The zero-order chi connectivity index (χ0) is 14.5. The minimum atomic E-state index is -0.537. The molecule has 5 nitrogen and oxygen atoms in total. The Morgan fingerprint density at radius 2 is 1.84 bits per heavy atom. The van der Waals surface area contributed by atoms with E-state index in [1.54, 1.807) is 11.8 Å². The molecule has 1 aliphatic heterocycles. The van der Waals surface area contributed by atoms with E-state index < -0.39 is 11.7 Å². The highest BCUT2D eigenvalue weighted by atomic mass is 32.2. The summed E-state index contributed by atoms with van der Waals surface area (Å²) in [5.41, 5.74) is -0.537. The zero-order valence-electron chi connectivity index (χ0n) is 12.0. The number of methoxy groups -OCH3 is 1. The number of thioether (sulfide) groups is 1. The van der Waals surface area contributed by atoms with Crippen molar-refractivity contribution in [1.29, 1.82) is 0 Å². The quantitative estimate of drug-likeness (QED) is 0.789. The first-order valence-electron chi connectivity index (χ1n) is 6.48. The number of amides is 1. The highest BCUT2D eigenvalue weighted by Crippen LogP contribution is 2.24. The van der Waals surface area contributed by atoms with Gasteiger partial charge in [0.2, 0.25) is 0 Å². The number of ether oxygens (including phenoxy) is 2. The van der Waals surface area contributed by atoms with E-state index in [0.717, 1.165) is 24.3 Å². The van der Waals surface area contributed by atoms with E-state index in [0.29, 0.717) is 0 Å². The third kappa shape index (κ3) is 5.72. The van der Waals surface area contributed by atoms with Crippen molar-refractivity contribution in [2.75, 3.05) is 18.6 Å². The summed E-state index contributed by atoms with van der Waals surface area (Å²) in [4.78, 5) is 23.6. The van der Waals surface area contributed by atoms with Crippen molar-refractivity contribution in [3.05, 3.63) is 0 Å². The lowest BCUT2D eigenvalue weighted by molar-refractivity contribution is -0.146. The predicted molar refractivity (Wildman–Crippen MR) is 75.2 cm³/mol. The van der Waals surface area contributed by atoms with E-state index in [-0.39, 0.29) is 17.9 Å². The van der Waals surface area contributed by atoms with Gasteiger partial charge in [0, 0.05) is 6.04 Å². The topological polar surface area (TPSA) is 64.6 Å². The molecule has 0 aromatic rings. The molecule has 110 valence electrons. The number of esters is 1. The smallest absolute Gasteiger partial charge is 0.407 e. The molecule has 1 aliphatic rings. The Bertz CT molecular complexity index is 327. The molecule has 0 aromatic carbocycles. The Morgan fingerprint density at radius 3 is 2.42 bits per heavy atom. The molecule has 2 atom stereocenters. The number of carbonyl (C=O) groups excluding carboxylic acids is 2. The van der Waals surface area contributed by atoms with Gasteiger partial charge in [-0.25, -0.2) is 4.79 Å². The first-order valence-corrected chi connectivity index (χ1v) is 7.64. The molecule has 1 saturated heterocycles. The van der Waals surface area contributed by atoms with Crippen molar-refractivity contribution >= 4 is 23.8 Å². The number of hydrogen-bond donors (Lipinski definition) is 1. The van der Waals surface area contributed by atoms with Gasteiger partial charge in [0.05, 0.1) is 13.0 Å². The first-order chi connectivity index (χ1) is 8.83. The van der Waals surface area contributed by atoms with E-state index in [9.17, 15) is 9.59 Å². The van der Waals surface area contributed by atoms with E-state index in [2.05, 4.69) is 5.32 Å². The van der Waals surface area contributed by atoms with Crippen LogP contribution in [0.15, 0.2) is 0 Å². The lowest BCUT2D eigenvalue weighted by atomic mass is 9.95. The highest BCUT2D eigenvalue weighted by molar-refractivity contribution is 7.99. The second-order valence-electron chi connectivity index (χ2n) is 5.57. The first kappa shape index (κ1) is 16.1. The van der Waals surface area contributed by atoms with Gasteiger partial charge >= 0.3 is 12.1 Å². The summed E-state index contributed by atoms with van der Waals surface area (Å²) in [6, 6.07) is -0.211. The molecule has 0 radical (unpaired) electrons. The number of rotatable bonds is 2. The van der Waals surface area contributed by atoms with Crippen molar-refractivity contribution in [3.63, 3.8) is 0 Å². The molecule has 1 amide bonds. The van der Waals surface area contributed by atoms with Crippen LogP contribution in [0.1, 0.15) is 33.6 Å². The van der Waals surface area contributed by atoms with Gasteiger partial charge in [0.1, 0.15) is 5.60 Å². The summed E-state index contributed by atoms with van der Waals surface area (Å²) in [5, 5.41) is 2.81. The van der Waals surface area contributed by atoms with Crippen molar-refractivity contribution in [2.24, 2.45) is 5.92 Å². The normalized spacial score (nSPS) is 24.2. The monoisotopic (exact) mass is 289 g/mol. The van der Waals surface area contributed by atoms with Gasteiger partial charge in [0.25, 0.3) is 0 Å². The molecule has 0 saturated carbocycles. The van der Waals surface area contributed by atoms with Crippen LogP contribution in [0.3, 0.4) is 0 Å². The van der Waals surface area contributed by atoms with Gasteiger partial charge in [-0.05, 0) is 45.1 Å². The summed E-state index contributed by atoms with van der Waals surface area (Å²) in [6.07, 6.45) is 1.000. The van der Waals surface area contributed by atoms with E-state index in [4.69, 9.17) is 9.47 Å². The van der Waals surface area contributed by atoms with Crippen LogP contribution in [0.2, 0.25) is 0 Å². The maximum atomic E-state index is 11.8. The van der Waals surface area contributed by atoms with Crippen molar-refractivity contribution in [2.45, 2.75) is 45.3 Å². The number of nitrogens with one attached hydrogen (secondary N) is 1. The summed E-state index contributed by atoms with van der Waals surface area (Å²) in [7, 11) is 1.38. The zero-order valence-corrected chi connectivity index (χ0v) is 12.8. The molecule has 0 bridgehead atoms. The minimum Gasteiger partial charge on any atom is -0.469 e. The number of alkyl carbamates (subject to hydrolysis) is 1. The van der Waals surface area contributed by atoms with Crippen LogP contribution in [0.25, 0.3) is 0 Å². The lowest BCUT2D eigenvalue weighted by Gasteiger charge is -2.26. The highest BCUT2D eigenvalue weighted by Gasteiger charge is 2.32. The number of hydrogen-bond acceptors (Lipinski definition) is 5. The van der Waals surface area contributed by atoms with Crippen LogP contribution < -0.4 is 5.32 Å². The molecule has 19 heavy (non-hydrogen) atoms. The maximum absolute atomic E-state index is 11.8. The summed E-state index contributed by atoms with van der Waals surface area (Å²) >= 11 is 1.79. The Labute approximate surface area is 118 Å². The van der Waals surface area contributed by atoms with Gasteiger partial charge < -0.3 is 14.8 Å². The standard InChI is InChI=1S/C13H23NO4S/c1-13(2,3)18-12(16)14-10-6-8-19-7-5-9(10)11(15)17-4/h9-10H,5-8H2,1-4H3,(H,14,16). The third-order valence-electron chi connectivity index (χ3n) is 2.84. The average molecular weight is 289 g/mol. The minimum absolute atomic E-state index is 0.211. The molecule has 6 heteroatoms. The fourth-order valence-electron chi connectivity index (χ4n) is 1.99. The van der Waals surface area contributed by atoms with Crippen LogP contribution in [0, 0.1) is 5.92 Å². The largest absolute Gasteiger partial charge is 0.469 e. The van der Waals surface area contributed by atoms with Gasteiger partial charge in [-0.1, -0.05) is 0 Å². The fraction of sp³-hybridized carbons (Fsp3) is 0.846. The molecule has 1 rings (SSSR count). The third-order valence-corrected chi connectivity index (χ3v) is 3.89. The Balaban J connectivity index is 2.65. The molecule has 1 fully saturated rings. The fourth-order valence-corrected chi connectivity index (χ4v) is 3.04. The molecular formula is C13H23NO4S. The van der Waals surface area contributed by atoms with Crippen LogP contribution >= 0.6 is 11.8 Å². The van der Waals surface area contributed by atoms with E-state index in [1.165, 1.54) is 7.11 Å². The summed E-state index contributed by atoms with van der Waals surface area (Å²) in [6.45, 7) is 5.44. The van der Waals surface area contributed by atoms with Gasteiger partial charge in [-0.3, -0.25) is 4.79 Å². The van der Waals surface area contributed by atoms with Gasteiger partial charge in [-0.2, -0.15) is 11.8 Å². The Kier molecular flexibility index (Phi) is 5.97. The maximum Gasteiger partial charge on any atom is 0.407 e. The number of carbonyl (C=O) groups is 2. The Hall–Kier alpha value is -0.910. The average Bonchev–Trinajstić information content (AvgIpc) is 2.51. The van der Waals surface area contributed by atoms with Crippen LogP contribution in [0.4, 0.5) is 4.79 Å². The second kappa shape index (κ2) is 7.03. The molecule has 0 aliphatic carbocycles. The molecular weight excluding hydrogens is 266 g/mol. The lowest BCUT2D eigenvalue weighted by Crippen LogP contribution is -2.45. The second-order valence-corrected chi connectivity index (χ2v) is 6.80. The van der Waals surface area contributed by atoms with Gasteiger partial charge in [-0.15, -0.1) is 0 Å². The molecule has 2 unspecified atom stereocenters. The van der Waals surface area contributed by atoms with Crippen molar-refractivity contribution < 1.29 is 19.1 Å². The van der Waals surface area contributed by atoms with Gasteiger partial charge in [0.15, 0.2) is 0 Å². The van der Waals surface area contributed by atoms with E-state index in [1.807, 2.05) is 20.8 Å². The van der Waals surface area contributed by atoms with Crippen LogP contribution in [0.5, 0.6) is 0 Å². The van der Waals surface area contributed by atoms with Crippen LogP contribution in [-0.4, -0.2) is 42.3 Å². The molecule has 1 N–H and O–H groups in total. The SMILES string of the molecule is COC(=O)C1CCSCCC1NC(=O)OC(C)(C)C. The summed E-state index contributed by atoms with van der Waals surface area (Å²) < 4.78 is 10.1. The van der Waals surface area contributed by atoms with E-state index >= 15 is 0 Å². The Morgan fingerprint density at radius 1 is 1.21 bits per heavy atom.